The van der Waals surface area contributed by atoms with E-state index in [0.717, 1.165) is 5.56 Å². The van der Waals surface area contributed by atoms with E-state index in [9.17, 15) is 4.79 Å². The number of rotatable bonds is 6. The zero-order chi connectivity index (χ0) is 13.0. The third-order valence-corrected chi connectivity index (χ3v) is 3.91. The lowest BCUT2D eigenvalue weighted by atomic mass is 9.86. The monoisotopic (exact) mass is 267 g/mol. The van der Waals surface area contributed by atoms with Gasteiger partial charge in [0.1, 0.15) is 5.41 Å². The first-order valence-corrected chi connectivity index (χ1v) is 7.03. The number of thioether (sulfide) groups is 1. The molecular formula is C13H17NO3S. The first-order valence-electron chi connectivity index (χ1n) is 5.81. The van der Waals surface area contributed by atoms with E-state index in [0.29, 0.717) is 26.3 Å². The van der Waals surface area contributed by atoms with Gasteiger partial charge in [0.15, 0.2) is 0 Å². The minimum atomic E-state index is -0.779. The summed E-state index contributed by atoms with van der Waals surface area (Å²) in [7, 11) is 0. The highest BCUT2D eigenvalue weighted by atomic mass is 32.2. The molecule has 0 bridgehead atoms. The van der Waals surface area contributed by atoms with Crippen LogP contribution in [0.5, 0.6) is 0 Å². The fraction of sp³-hybridized carbons (Fsp3) is 0.462. The third-order valence-electron chi connectivity index (χ3n) is 3.16. The zero-order valence-electron chi connectivity index (χ0n) is 10.3. The average molecular weight is 267 g/mol. The molecule has 0 aliphatic carbocycles. The van der Waals surface area contributed by atoms with Crippen molar-refractivity contribution in [2.24, 2.45) is 5.41 Å². The summed E-state index contributed by atoms with van der Waals surface area (Å²) in [5, 5.41) is 12.3. The fourth-order valence-corrected chi connectivity index (χ4v) is 2.25. The van der Waals surface area contributed by atoms with Crippen LogP contribution >= 0.6 is 11.8 Å². The molecule has 1 fully saturated rings. The summed E-state index contributed by atoms with van der Waals surface area (Å²) in [6.07, 6.45) is 2.04. The van der Waals surface area contributed by atoms with Gasteiger partial charge in [-0.25, -0.2) is 0 Å². The summed E-state index contributed by atoms with van der Waals surface area (Å²) in [5.41, 5.74) is 0.438. The lowest BCUT2D eigenvalue weighted by molar-refractivity contribution is -0.178. The predicted molar refractivity (Wildman–Crippen MR) is 70.8 cm³/mol. The number of carbonyl (C=O) groups is 1. The summed E-state index contributed by atoms with van der Waals surface area (Å²) in [4.78, 5) is 12.3. The smallest absolute Gasteiger partial charge is 0.315 e. The SMILES string of the molecule is CSc1ccc(CNCC2(C(=O)O)COC2)cc1. The third kappa shape index (κ3) is 2.85. The molecule has 1 aromatic carbocycles. The Kier molecular flexibility index (Phi) is 4.27. The van der Waals surface area contributed by atoms with Crippen molar-refractivity contribution in [3.05, 3.63) is 29.8 Å². The zero-order valence-corrected chi connectivity index (χ0v) is 11.1. The summed E-state index contributed by atoms with van der Waals surface area (Å²) in [5.74, 6) is -0.779. The van der Waals surface area contributed by atoms with Gasteiger partial charge in [0, 0.05) is 18.0 Å². The molecule has 2 rings (SSSR count). The van der Waals surface area contributed by atoms with Crippen LogP contribution in [0.3, 0.4) is 0 Å². The Labute approximate surface area is 111 Å². The van der Waals surface area contributed by atoms with Crippen LogP contribution in [0.4, 0.5) is 0 Å². The number of ether oxygens (including phenoxy) is 1. The Morgan fingerprint density at radius 2 is 2.11 bits per heavy atom. The van der Waals surface area contributed by atoms with Crippen molar-refractivity contribution in [2.45, 2.75) is 11.4 Å². The Hall–Kier alpha value is -1.04. The lowest BCUT2D eigenvalue weighted by Crippen LogP contribution is -2.55. The summed E-state index contributed by atoms with van der Waals surface area (Å²) in [6.45, 7) is 1.75. The highest BCUT2D eigenvalue weighted by Gasteiger charge is 2.45. The normalized spacial score (nSPS) is 17.2. The Balaban J connectivity index is 1.82. The molecule has 1 saturated heterocycles. The second kappa shape index (κ2) is 5.73. The van der Waals surface area contributed by atoms with Crippen molar-refractivity contribution < 1.29 is 14.6 Å². The minimum Gasteiger partial charge on any atom is -0.481 e. The van der Waals surface area contributed by atoms with E-state index in [1.54, 1.807) is 11.8 Å². The number of benzene rings is 1. The molecule has 0 spiro atoms. The summed E-state index contributed by atoms with van der Waals surface area (Å²) < 4.78 is 5.01. The Morgan fingerprint density at radius 1 is 1.44 bits per heavy atom. The van der Waals surface area contributed by atoms with Crippen molar-refractivity contribution in [1.29, 1.82) is 0 Å². The molecule has 0 aromatic heterocycles. The molecule has 0 saturated carbocycles. The van der Waals surface area contributed by atoms with Gasteiger partial charge in [-0.2, -0.15) is 0 Å². The minimum absolute atomic E-state index is 0.306. The van der Waals surface area contributed by atoms with Crippen LogP contribution in [0.25, 0.3) is 0 Å². The van der Waals surface area contributed by atoms with Gasteiger partial charge < -0.3 is 15.2 Å². The molecule has 0 amide bonds. The molecule has 0 radical (unpaired) electrons. The van der Waals surface area contributed by atoms with E-state index in [2.05, 4.69) is 29.6 Å². The van der Waals surface area contributed by atoms with Gasteiger partial charge in [0.2, 0.25) is 0 Å². The highest BCUT2D eigenvalue weighted by Crippen LogP contribution is 2.26. The molecule has 1 aliphatic heterocycles. The maximum atomic E-state index is 11.1. The van der Waals surface area contributed by atoms with Gasteiger partial charge in [-0.3, -0.25) is 4.79 Å². The van der Waals surface area contributed by atoms with Gasteiger partial charge in [0.25, 0.3) is 0 Å². The number of aliphatic carboxylic acids is 1. The average Bonchev–Trinajstić information content (AvgIpc) is 2.33. The van der Waals surface area contributed by atoms with Crippen molar-refractivity contribution in [1.82, 2.24) is 5.32 Å². The van der Waals surface area contributed by atoms with Crippen LogP contribution < -0.4 is 5.32 Å². The van der Waals surface area contributed by atoms with Gasteiger partial charge in [0.05, 0.1) is 13.2 Å². The van der Waals surface area contributed by atoms with Gasteiger partial charge in [-0.15, -0.1) is 11.8 Å². The number of nitrogens with one attached hydrogen (secondary N) is 1. The topological polar surface area (TPSA) is 58.6 Å². The molecule has 1 aliphatic rings. The molecule has 98 valence electrons. The number of carboxylic acid groups (broad SMARTS) is 1. The van der Waals surface area contributed by atoms with E-state index in [1.807, 2.05) is 6.26 Å². The summed E-state index contributed by atoms with van der Waals surface area (Å²) >= 11 is 1.71. The molecule has 0 unspecified atom stereocenters. The number of hydrogen-bond acceptors (Lipinski definition) is 4. The van der Waals surface area contributed by atoms with E-state index in [-0.39, 0.29) is 0 Å². The fourth-order valence-electron chi connectivity index (χ4n) is 1.84. The predicted octanol–water partition coefficient (Wildman–Crippen LogP) is 1.60. The molecule has 1 heterocycles. The molecular weight excluding hydrogens is 250 g/mol. The molecule has 5 heteroatoms. The van der Waals surface area contributed by atoms with Gasteiger partial charge >= 0.3 is 5.97 Å². The molecule has 1 aromatic rings. The largest absolute Gasteiger partial charge is 0.481 e. The maximum absolute atomic E-state index is 11.1. The van der Waals surface area contributed by atoms with Crippen LogP contribution in [0.1, 0.15) is 5.56 Å². The van der Waals surface area contributed by atoms with Crippen molar-refractivity contribution in [3.63, 3.8) is 0 Å². The number of hydrogen-bond donors (Lipinski definition) is 2. The van der Waals surface area contributed by atoms with Gasteiger partial charge in [-0.05, 0) is 24.0 Å². The van der Waals surface area contributed by atoms with Crippen molar-refractivity contribution >= 4 is 17.7 Å². The van der Waals surface area contributed by atoms with Crippen LogP contribution in [0.2, 0.25) is 0 Å². The van der Waals surface area contributed by atoms with E-state index in [1.165, 1.54) is 4.90 Å². The summed E-state index contributed by atoms with van der Waals surface area (Å²) in [6, 6.07) is 8.26. The highest BCUT2D eigenvalue weighted by molar-refractivity contribution is 7.98. The first kappa shape index (κ1) is 13.4. The molecule has 4 nitrogen and oxygen atoms in total. The number of carboxylic acids is 1. The second-order valence-electron chi connectivity index (χ2n) is 4.53. The lowest BCUT2D eigenvalue weighted by Gasteiger charge is -2.37. The Bertz CT molecular complexity index is 415. The standard InChI is InChI=1S/C13H17NO3S/c1-18-11-4-2-10(3-5-11)6-14-7-13(12(15)16)8-17-9-13/h2-5,14H,6-9H2,1H3,(H,15,16). The van der Waals surface area contributed by atoms with E-state index in [4.69, 9.17) is 9.84 Å². The van der Waals surface area contributed by atoms with Crippen molar-refractivity contribution in [2.75, 3.05) is 26.0 Å². The molecule has 2 N–H and O–H groups in total. The van der Waals surface area contributed by atoms with Crippen LogP contribution in [0.15, 0.2) is 29.2 Å². The maximum Gasteiger partial charge on any atom is 0.315 e. The molecule has 0 atom stereocenters. The Morgan fingerprint density at radius 3 is 2.56 bits per heavy atom. The first-order chi connectivity index (χ1) is 8.66. The molecule has 18 heavy (non-hydrogen) atoms. The quantitative estimate of drug-likeness (QED) is 0.767. The van der Waals surface area contributed by atoms with E-state index >= 15 is 0 Å². The van der Waals surface area contributed by atoms with Gasteiger partial charge in [-0.1, -0.05) is 12.1 Å². The van der Waals surface area contributed by atoms with E-state index < -0.39 is 11.4 Å². The van der Waals surface area contributed by atoms with Crippen molar-refractivity contribution in [3.8, 4) is 0 Å². The van der Waals surface area contributed by atoms with Crippen LogP contribution in [-0.2, 0) is 16.1 Å². The van der Waals surface area contributed by atoms with Crippen LogP contribution in [-0.4, -0.2) is 37.1 Å². The second-order valence-corrected chi connectivity index (χ2v) is 5.41. The van der Waals surface area contributed by atoms with Crippen LogP contribution in [0, 0.1) is 5.41 Å².